The lowest BCUT2D eigenvalue weighted by molar-refractivity contribution is -0.112. The van der Waals surface area contributed by atoms with Crippen molar-refractivity contribution < 1.29 is 14.3 Å². The molecule has 0 saturated carbocycles. The maximum atomic E-state index is 11.0. The van der Waals surface area contributed by atoms with E-state index in [9.17, 15) is 4.79 Å². The highest BCUT2D eigenvalue weighted by Crippen LogP contribution is 2.32. The van der Waals surface area contributed by atoms with Crippen LogP contribution >= 0.6 is 0 Å². The number of carbonyl (C=O) groups excluding carboxylic acids is 1. The van der Waals surface area contributed by atoms with Crippen LogP contribution in [0.2, 0.25) is 0 Å². The number of allylic oxidation sites excluding steroid dienone is 1. The first kappa shape index (κ1) is 14.3. The maximum absolute atomic E-state index is 11.0. The molecule has 0 heterocycles. The van der Waals surface area contributed by atoms with E-state index >= 15 is 0 Å². The fraction of sp³-hybridized carbons (Fsp3) is 0.400. The number of rotatable bonds is 7. The van der Waals surface area contributed by atoms with Crippen LogP contribution in [0, 0.1) is 0 Å². The molecular formula is C15H20O3. The second-order valence-electron chi connectivity index (χ2n) is 4.02. The summed E-state index contributed by atoms with van der Waals surface area (Å²) in [5, 5.41) is 0. The van der Waals surface area contributed by atoms with Crippen molar-refractivity contribution in [3.8, 4) is 11.5 Å². The maximum Gasteiger partial charge on any atom is 0.167 e. The summed E-state index contributed by atoms with van der Waals surface area (Å²) in [4.78, 5) is 11.0. The topological polar surface area (TPSA) is 35.5 Å². The number of carbonyl (C=O) groups is 1. The molecule has 1 aromatic carbocycles. The molecule has 0 saturated heterocycles. The molecule has 1 aromatic rings. The number of benzene rings is 1. The van der Waals surface area contributed by atoms with Gasteiger partial charge in [0.1, 0.15) is 0 Å². The lowest BCUT2D eigenvalue weighted by Crippen LogP contribution is -1.99. The van der Waals surface area contributed by atoms with E-state index in [4.69, 9.17) is 9.47 Å². The van der Waals surface area contributed by atoms with Crippen LogP contribution in [0.3, 0.4) is 0 Å². The van der Waals surface area contributed by atoms with Gasteiger partial charge >= 0.3 is 0 Å². The highest BCUT2D eigenvalue weighted by Gasteiger charge is 2.07. The Labute approximate surface area is 108 Å². The summed E-state index contributed by atoms with van der Waals surface area (Å²) >= 11 is 0. The van der Waals surface area contributed by atoms with Crippen molar-refractivity contribution in [2.45, 2.75) is 26.7 Å². The van der Waals surface area contributed by atoms with Crippen molar-refractivity contribution >= 4 is 11.9 Å². The molecule has 0 fully saturated rings. The highest BCUT2D eigenvalue weighted by atomic mass is 16.5. The van der Waals surface area contributed by atoms with Gasteiger partial charge in [-0.05, 0) is 31.6 Å². The normalized spacial score (nSPS) is 10.6. The lowest BCUT2D eigenvalue weighted by Gasteiger charge is -2.12. The molecule has 0 aromatic heterocycles. The molecule has 0 unspecified atom stereocenters. The Morgan fingerprint density at radius 1 is 1.39 bits per heavy atom. The molecule has 0 aliphatic carbocycles. The molecule has 0 N–H and O–H groups in total. The summed E-state index contributed by atoms with van der Waals surface area (Å²) in [6, 6.07) is 5.66. The van der Waals surface area contributed by atoms with E-state index in [2.05, 4.69) is 6.92 Å². The molecular weight excluding hydrogens is 228 g/mol. The van der Waals surface area contributed by atoms with E-state index in [1.165, 1.54) is 13.0 Å². The zero-order valence-electron chi connectivity index (χ0n) is 11.2. The van der Waals surface area contributed by atoms with Gasteiger partial charge in [0.15, 0.2) is 17.3 Å². The standard InChI is InChI=1S/C15H20O3/c1-4-5-11-18-14-8-6-7-13(15(14)17-3)10-9-12(2)16/h6-10H,4-5,11H2,1-3H3/b10-9+. The van der Waals surface area contributed by atoms with Gasteiger partial charge in [0.2, 0.25) is 0 Å². The van der Waals surface area contributed by atoms with Crippen LogP contribution in [0.1, 0.15) is 32.3 Å². The number of unbranched alkanes of at least 4 members (excludes halogenated alkanes) is 1. The zero-order valence-corrected chi connectivity index (χ0v) is 11.2. The third-order valence-electron chi connectivity index (χ3n) is 2.47. The third-order valence-corrected chi connectivity index (χ3v) is 2.47. The molecule has 3 nitrogen and oxygen atoms in total. The number of ketones is 1. The quantitative estimate of drug-likeness (QED) is 0.547. The molecule has 98 valence electrons. The SMILES string of the molecule is CCCCOc1cccc(/C=C/C(C)=O)c1OC. The van der Waals surface area contributed by atoms with Crippen molar-refractivity contribution in [1.29, 1.82) is 0 Å². The predicted molar refractivity (Wildman–Crippen MR) is 73.1 cm³/mol. The number of hydrogen-bond acceptors (Lipinski definition) is 3. The van der Waals surface area contributed by atoms with E-state index in [0.717, 1.165) is 24.2 Å². The van der Waals surface area contributed by atoms with Gasteiger partial charge in [0.05, 0.1) is 13.7 Å². The Balaban J connectivity index is 2.91. The van der Waals surface area contributed by atoms with Crippen molar-refractivity contribution in [2.75, 3.05) is 13.7 Å². The molecule has 3 heteroatoms. The minimum Gasteiger partial charge on any atom is -0.492 e. The van der Waals surface area contributed by atoms with Gasteiger partial charge in [-0.1, -0.05) is 25.5 Å². The van der Waals surface area contributed by atoms with Crippen molar-refractivity contribution in [3.05, 3.63) is 29.8 Å². The van der Waals surface area contributed by atoms with Gasteiger partial charge in [-0.3, -0.25) is 4.79 Å². The Bertz CT molecular complexity index is 422. The van der Waals surface area contributed by atoms with E-state index in [0.29, 0.717) is 12.4 Å². The first-order chi connectivity index (χ1) is 8.69. The van der Waals surface area contributed by atoms with Crippen LogP contribution in [0.4, 0.5) is 0 Å². The summed E-state index contributed by atoms with van der Waals surface area (Å²) in [6.07, 6.45) is 5.37. The number of methoxy groups -OCH3 is 1. The molecule has 0 bridgehead atoms. The van der Waals surface area contributed by atoms with Crippen LogP contribution in [-0.2, 0) is 4.79 Å². The highest BCUT2D eigenvalue weighted by molar-refractivity contribution is 5.92. The molecule has 0 aliphatic rings. The van der Waals surface area contributed by atoms with Crippen molar-refractivity contribution in [3.63, 3.8) is 0 Å². The van der Waals surface area contributed by atoms with Crippen LogP contribution in [0.25, 0.3) is 6.08 Å². The number of ether oxygens (including phenoxy) is 2. The van der Waals surface area contributed by atoms with Crippen molar-refractivity contribution in [2.24, 2.45) is 0 Å². The lowest BCUT2D eigenvalue weighted by atomic mass is 10.1. The summed E-state index contributed by atoms with van der Waals surface area (Å²) < 4.78 is 11.0. The Hall–Kier alpha value is -1.77. The Morgan fingerprint density at radius 2 is 2.17 bits per heavy atom. The predicted octanol–water partition coefficient (Wildman–Crippen LogP) is 3.48. The average Bonchev–Trinajstić information content (AvgIpc) is 2.36. The number of para-hydroxylation sites is 1. The summed E-state index contributed by atoms with van der Waals surface area (Å²) in [6.45, 7) is 4.31. The number of hydrogen-bond donors (Lipinski definition) is 0. The van der Waals surface area contributed by atoms with Crippen LogP contribution in [-0.4, -0.2) is 19.5 Å². The first-order valence-corrected chi connectivity index (χ1v) is 6.17. The van der Waals surface area contributed by atoms with E-state index in [1.807, 2.05) is 18.2 Å². The summed E-state index contributed by atoms with van der Waals surface area (Å²) in [5.41, 5.74) is 0.849. The fourth-order valence-corrected chi connectivity index (χ4v) is 1.53. The second-order valence-corrected chi connectivity index (χ2v) is 4.02. The molecule has 0 aliphatic heterocycles. The third kappa shape index (κ3) is 4.24. The van der Waals surface area contributed by atoms with Crippen LogP contribution in [0.15, 0.2) is 24.3 Å². The first-order valence-electron chi connectivity index (χ1n) is 6.17. The molecule has 0 atom stereocenters. The monoisotopic (exact) mass is 248 g/mol. The zero-order chi connectivity index (χ0) is 13.4. The Morgan fingerprint density at radius 3 is 2.78 bits per heavy atom. The minimum atomic E-state index is 0.00866. The molecule has 0 radical (unpaired) electrons. The average molecular weight is 248 g/mol. The molecule has 0 spiro atoms. The largest absolute Gasteiger partial charge is 0.492 e. The molecule has 1 rings (SSSR count). The van der Waals surface area contributed by atoms with Gasteiger partial charge in [-0.2, -0.15) is 0 Å². The Kier molecular flexibility index (Phi) is 5.98. The summed E-state index contributed by atoms with van der Waals surface area (Å²) in [5.74, 6) is 1.40. The minimum absolute atomic E-state index is 0.00866. The molecule has 0 amide bonds. The summed E-state index contributed by atoms with van der Waals surface area (Å²) in [7, 11) is 1.60. The van der Waals surface area contributed by atoms with Gasteiger partial charge in [0, 0.05) is 5.56 Å². The van der Waals surface area contributed by atoms with E-state index in [1.54, 1.807) is 13.2 Å². The second kappa shape index (κ2) is 7.54. The molecule has 18 heavy (non-hydrogen) atoms. The van der Waals surface area contributed by atoms with E-state index < -0.39 is 0 Å². The van der Waals surface area contributed by atoms with Gasteiger partial charge in [0.25, 0.3) is 0 Å². The van der Waals surface area contributed by atoms with E-state index in [-0.39, 0.29) is 5.78 Å². The van der Waals surface area contributed by atoms with Crippen LogP contribution in [0.5, 0.6) is 11.5 Å². The smallest absolute Gasteiger partial charge is 0.167 e. The van der Waals surface area contributed by atoms with Crippen molar-refractivity contribution in [1.82, 2.24) is 0 Å². The van der Waals surface area contributed by atoms with Crippen LogP contribution < -0.4 is 9.47 Å². The fourth-order valence-electron chi connectivity index (χ4n) is 1.53. The van der Waals surface area contributed by atoms with Gasteiger partial charge in [-0.15, -0.1) is 0 Å². The van der Waals surface area contributed by atoms with Gasteiger partial charge in [-0.25, -0.2) is 0 Å². The van der Waals surface area contributed by atoms with Gasteiger partial charge < -0.3 is 9.47 Å².